The minimum Gasteiger partial charge on any atom is -0.337 e. The number of nitrogens with zero attached hydrogens (tertiary/aromatic N) is 4. The van der Waals surface area contributed by atoms with Crippen molar-refractivity contribution in [3.05, 3.63) is 29.2 Å². The number of aryl methyl sites for hydroxylation is 1. The van der Waals surface area contributed by atoms with E-state index in [0.717, 1.165) is 67.1 Å². The molecule has 2 saturated heterocycles. The molecule has 2 aromatic rings. The Balaban J connectivity index is 1.29. The Morgan fingerprint density at radius 1 is 1.29 bits per heavy atom. The topological polar surface area (TPSA) is 61.9 Å². The average Bonchev–Trinajstić information content (AvgIpc) is 3.50. The van der Waals surface area contributed by atoms with Gasteiger partial charge in [-0.1, -0.05) is 6.92 Å². The summed E-state index contributed by atoms with van der Waals surface area (Å²) in [5.41, 5.74) is 2.40. The fraction of sp³-hybridized carbons (Fsp3) is 0.640. The van der Waals surface area contributed by atoms with Crippen molar-refractivity contribution in [3.8, 4) is 6.07 Å². The number of hydrogen-bond donors (Lipinski definition) is 0. The average molecular weight is 421 g/mol. The molecule has 3 atom stereocenters. The van der Waals surface area contributed by atoms with Gasteiger partial charge in [-0.15, -0.1) is 0 Å². The highest BCUT2D eigenvalue weighted by atomic mass is 19.1. The number of piperidine rings is 2. The van der Waals surface area contributed by atoms with Crippen LogP contribution in [0, 0.1) is 28.5 Å². The van der Waals surface area contributed by atoms with Gasteiger partial charge in [-0.2, -0.15) is 10.4 Å². The molecule has 1 aromatic carbocycles. The Morgan fingerprint density at radius 2 is 2.00 bits per heavy atom. The summed E-state index contributed by atoms with van der Waals surface area (Å²) in [6.07, 6.45) is 7.22. The number of rotatable bonds is 4. The van der Waals surface area contributed by atoms with Crippen LogP contribution in [0.2, 0.25) is 0 Å². The smallest absolute Gasteiger partial charge is 0.223 e. The number of hydrogen-bond acceptors (Lipinski definition) is 3. The van der Waals surface area contributed by atoms with Crippen molar-refractivity contribution >= 4 is 16.8 Å². The minimum absolute atomic E-state index is 0.0717. The summed E-state index contributed by atoms with van der Waals surface area (Å²) >= 11 is 0. The number of amides is 1. The second-order valence-corrected chi connectivity index (χ2v) is 10.7. The predicted molar refractivity (Wildman–Crippen MR) is 115 cm³/mol. The molecule has 6 heteroatoms. The van der Waals surface area contributed by atoms with Crippen LogP contribution in [0.5, 0.6) is 0 Å². The van der Waals surface area contributed by atoms with Crippen LogP contribution in [0.25, 0.3) is 10.9 Å². The van der Waals surface area contributed by atoms with Gasteiger partial charge in [0.05, 0.1) is 22.7 Å². The zero-order valence-corrected chi connectivity index (χ0v) is 18.3. The van der Waals surface area contributed by atoms with E-state index in [2.05, 4.69) is 17.9 Å². The van der Waals surface area contributed by atoms with E-state index in [9.17, 15) is 14.4 Å². The summed E-state index contributed by atoms with van der Waals surface area (Å²) in [6, 6.07) is 6.40. The van der Waals surface area contributed by atoms with Crippen molar-refractivity contribution in [2.24, 2.45) is 18.4 Å². The van der Waals surface area contributed by atoms with Gasteiger partial charge in [-0.25, -0.2) is 4.39 Å². The number of carbonyl (C=O) groups excluding carboxylic acids is 1. The molecule has 2 aliphatic heterocycles. The molecular formula is C25H29FN4O. The van der Waals surface area contributed by atoms with Gasteiger partial charge in [-0.3, -0.25) is 9.48 Å². The number of benzene rings is 1. The molecule has 31 heavy (non-hydrogen) atoms. The maximum absolute atomic E-state index is 14.7. The molecule has 5 nitrogen and oxygen atoms in total. The van der Waals surface area contributed by atoms with Crippen LogP contribution in [-0.4, -0.2) is 32.7 Å². The first kappa shape index (κ1) is 19.3. The number of halogens is 1. The third-order valence-corrected chi connectivity index (χ3v) is 8.42. The lowest BCUT2D eigenvalue weighted by atomic mass is 9.56. The quantitative estimate of drug-likeness (QED) is 0.716. The van der Waals surface area contributed by atoms with E-state index in [4.69, 9.17) is 5.10 Å². The van der Waals surface area contributed by atoms with Gasteiger partial charge in [0.2, 0.25) is 5.91 Å². The maximum atomic E-state index is 14.7. The Bertz CT molecular complexity index is 1110. The van der Waals surface area contributed by atoms with Crippen molar-refractivity contribution in [2.45, 2.75) is 82.2 Å². The normalized spacial score (nSPS) is 32.5. The number of nitriles is 1. The van der Waals surface area contributed by atoms with E-state index in [1.165, 1.54) is 0 Å². The van der Waals surface area contributed by atoms with Crippen LogP contribution < -0.4 is 0 Å². The third kappa shape index (κ3) is 2.85. The predicted octanol–water partition coefficient (Wildman–Crippen LogP) is 4.77. The van der Waals surface area contributed by atoms with Crippen LogP contribution in [0.4, 0.5) is 4.39 Å². The summed E-state index contributed by atoms with van der Waals surface area (Å²) in [6.45, 7) is 2.05. The van der Waals surface area contributed by atoms with Gasteiger partial charge in [0.15, 0.2) is 0 Å². The van der Waals surface area contributed by atoms with Crippen molar-refractivity contribution in [1.29, 1.82) is 5.26 Å². The van der Waals surface area contributed by atoms with Crippen LogP contribution in [0.3, 0.4) is 0 Å². The van der Waals surface area contributed by atoms with Gasteiger partial charge in [0.1, 0.15) is 5.82 Å². The molecule has 1 amide bonds. The van der Waals surface area contributed by atoms with E-state index >= 15 is 0 Å². The standard InChI is InChI=1S/C25H29FN4O/c1-14(24-23-20(29(2)28-24)6-5-19(26)22(23)16-3-4-16)7-21(31)30-17-8-15-9-18(30)12-25(10-15,11-17)13-27/h5-6,14-18H,3-4,7-12H2,1-2H3. The molecule has 7 rings (SSSR count). The summed E-state index contributed by atoms with van der Waals surface area (Å²) in [5, 5.41) is 15.4. The van der Waals surface area contributed by atoms with Gasteiger partial charge in [0, 0.05) is 42.4 Å². The summed E-state index contributed by atoms with van der Waals surface area (Å²) in [5.74, 6) is 0.844. The Hall–Kier alpha value is -2.42. The zero-order chi connectivity index (χ0) is 21.5. The monoisotopic (exact) mass is 420 g/mol. The van der Waals surface area contributed by atoms with E-state index in [0.29, 0.717) is 12.3 Å². The van der Waals surface area contributed by atoms with Crippen molar-refractivity contribution in [2.75, 3.05) is 0 Å². The summed E-state index contributed by atoms with van der Waals surface area (Å²) in [4.78, 5) is 15.6. The molecule has 1 aromatic heterocycles. The largest absolute Gasteiger partial charge is 0.337 e. The summed E-state index contributed by atoms with van der Waals surface area (Å²) in [7, 11) is 1.90. The fourth-order valence-corrected chi connectivity index (χ4v) is 7.14. The number of fused-ring (bicyclic) bond motifs is 1. The van der Waals surface area contributed by atoms with Gasteiger partial charge >= 0.3 is 0 Å². The molecule has 3 saturated carbocycles. The maximum Gasteiger partial charge on any atom is 0.223 e. The van der Waals surface area contributed by atoms with Gasteiger partial charge < -0.3 is 4.90 Å². The molecule has 162 valence electrons. The molecular weight excluding hydrogens is 391 g/mol. The lowest BCUT2D eigenvalue weighted by molar-refractivity contribution is -0.153. The van der Waals surface area contributed by atoms with Gasteiger partial charge in [0.25, 0.3) is 0 Å². The van der Waals surface area contributed by atoms with Crippen LogP contribution >= 0.6 is 0 Å². The fourth-order valence-electron chi connectivity index (χ4n) is 7.14. The highest BCUT2D eigenvalue weighted by Crippen LogP contribution is 2.56. The zero-order valence-electron chi connectivity index (χ0n) is 18.3. The first-order valence-corrected chi connectivity index (χ1v) is 11.8. The molecule has 0 N–H and O–H groups in total. The summed E-state index contributed by atoms with van der Waals surface area (Å²) < 4.78 is 16.6. The van der Waals surface area contributed by atoms with E-state index < -0.39 is 0 Å². The molecule has 3 unspecified atom stereocenters. The molecule has 3 heterocycles. The first-order chi connectivity index (χ1) is 14.9. The second-order valence-electron chi connectivity index (χ2n) is 10.7. The molecule has 5 aliphatic rings. The van der Waals surface area contributed by atoms with Crippen LogP contribution in [0.15, 0.2) is 12.1 Å². The van der Waals surface area contributed by atoms with Gasteiger partial charge in [-0.05, 0) is 68.9 Å². The van der Waals surface area contributed by atoms with Crippen LogP contribution in [0.1, 0.15) is 81.4 Å². The Labute approximate surface area is 182 Å². The molecule has 0 radical (unpaired) electrons. The Kier molecular flexibility index (Phi) is 4.07. The second kappa shape index (κ2) is 6.54. The molecule has 3 aliphatic carbocycles. The Morgan fingerprint density at radius 3 is 2.65 bits per heavy atom. The van der Waals surface area contributed by atoms with E-state index in [-0.39, 0.29) is 41.1 Å². The highest BCUT2D eigenvalue weighted by molar-refractivity contribution is 5.88. The minimum atomic E-state index is -0.202. The highest BCUT2D eigenvalue weighted by Gasteiger charge is 2.56. The van der Waals surface area contributed by atoms with Crippen molar-refractivity contribution in [3.63, 3.8) is 0 Å². The first-order valence-electron chi connectivity index (χ1n) is 11.8. The third-order valence-electron chi connectivity index (χ3n) is 8.42. The number of aromatic nitrogens is 2. The van der Waals surface area contributed by atoms with E-state index in [1.54, 1.807) is 6.07 Å². The molecule has 0 spiro atoms. The van der Waals surface area contributed by atoms with E-state index in [1.807, 2.05) is 17.8 Å². The SMILES string of the molecule is CC(CC(=O)N1C2CC3CC1CC(C#N)(C3)C2)c1nn(C)c2ccc(F)c(C3CC3)c12. The lowest BCUT2D eigenvalue weighted by Gasteiger charge is -2.59. The van der Waals surface area contributed by atoms with Crippen LogP contribution in [-0.2, 0) is 11.8 Å². The molecule has 5 fully saturated rings. The van der Waals surface area contributed by atoms with Crippen molar-refractivity contribution < 1.29 is 9.18 Å². The number of carbonyl (C=O) groups is 1. The molecule has 4 bridgehead atoms. The lowest BCUT2D eigenvalue weighted by Crippen LogP contribution is -2.63. The van der Waals surface area contributed by atoms with Crippen molar-refractivity contribution in [1.82, 2.24) is 14.7 Å².